The van der Waals surface area contributed by atoms with Gasteiger partial charge in [-0.3, -0.25) is 9.88 Å². The van der Waals surface area contributed by atoms with Gasteiger partial charge in [-0.15, -0.1) is 0 Å². The van der Waals surface area contributed by atoms with Crippen LogP contribution in [-0.4, -0.2) is 34.1 Å². The van der Waals surface area contributed by atoms with Crippen LogP contribution in [0.25, 0.3) is 11.0 Å². The first-order valence-corrected chi connectivity index (χ1v) is 6.94. The van der Waals surface area contributed by atoms with E-state index in [0.717, 1.165) is 36.1 Å². The van der Waals surface area contributed by atoms with Crippen LogP contribution in [0.5, 0.6) is 0 Å². The van der Waals surface area contributed by atoms with Crippen molar-refractivity contribution < 1.29 is 9.53 Å². The zero-order valence-electron chi connectivity index (χ0n) is 11.5. The smallest absolute Gasteiger partial charge is 0.410 e. The van der Waals surface area contributed by atoms with Gasteiger partial charge in [0.2, 0.25) is 0 Å². The Morgan fingerprint density at radius 3 is 3.00 bits per heavy atom. The number of likely N-dealkylation sites (tertiary alicyclic amines) is 1. The number of fused-ring (bicyclic) bond motifs is 1. The second kappa shape index (κ2) is 5.45. The largest absolute Gasteiger partial charge is 0.450 e. The molecule has 0 aliphatic carbocycles. The molecule has 3 rings (SSSR count). The summed E-state index contributed by atoms with van der Waals surface area (Å²) in [6.45, 7) is 2.93. The molecule has 0 N–H and O–H groups in total. The number of benzene rings is 1. The van der Waals surface area contributed by atoms with E-state index in [2.05, 4.69) is 9.97 Å². The van der Waals surface area contributed by atoms with E-state index in [4.69, 9.17) is 4.74 Å². The van der Waals surface area contributed by atoms with Crippen molar-refractivity contribution in [3.8, 4) is 0 Å². The summed E-state index contributed by atoms with van der Waals surface area (Å²) in [4.78, 5) is 22.8. The predicted octanol–water partition coefficient (Wildman–Crippen LogP) is 2.92. The van der Waals surface area contributed by atoms with Gasteiger partial charge in [0.15, 0.2) is 0 Å². The zero-order chi connectivity index (χ0) is 13.9. The quantitative estimate of drug-likeness (QED) is 0.842. The van der Waals surface area contributed by atoms with Crippen LogP contribution in [-0.2, 0) is 4.74 Å². The van der Waals surface area contributed by atoms with Gasteiger partial charge in [0.25, 0.3) is 0 Å². The summed E-state index contributed by atoms with van der Waals surface area (Å²) < 4.78 is 5.10. The van der Waals surface area contributed by atoms with Crippen LogP contribution in [0.4, 0.5) is 4.79 Å². The average molecular weight is 271 g/mol. The van der Waals surface area contributed by atoms with E-state index in [9.17, 15) is 4.79 Å². The molecule has 104 valence electrons. The lowest BCUT2D eigenvalue weighted by molar-refractivity contribution is 0.102. The van der Waals surface area contributed by atoms with Crippen LogP contribution in [0.3, 0.4) is 0 Å². The van der Waals surface area contributed by atoms with Gasteiger partial charge >= 0.3 is 6.09 Å². The monoisotopic (exact) mass is 271 g/mol. The maximum absolute atomic E-state index is 11.9. The summed E-state index contributed by atoms with van der Waals surface area (Å²) in [5, 5.41) is 0. The van der Waals surface area contributed by atoms with Crippen molar-refractivity contribution in [3.05, 3.63) is 36.2 Å². The Morgan fingerprint density at radius 2 is 2.20 bits per heavy atom. The third kappa shape index (κ3) is 2.31. The van der Waals surface area contributed by atoms with Gasteiger partial charge in [0.1, 0.15) is 0 Å². The van der Waals surface area contributed by atoms with Gasteiger partial charge in [-0.2, -0.15) is 0 Å². The predicted molar refractivity (Wildman–Crippen MR) is 75.2 cm³/mol. The lowest BCUT2D eigenvalue weighted by atomic mass is 10.1. The van der Waals surface area contributed by atoms with Crippen LogP contribution in [0.1, 0.15) is 31.5 Å². The first-order chi connectivity index (χ1) is 9.79. The van der Waals surface area contributed by atoms with Crippen LogP contribution in [0.15, 0.2) is 30.5 Å². The number of nitrogens with zero attached hydrogens (tertiary/aromatic N) is 3. The van der Waals surface area contributed by atoms with E-state index in [1.807, 2.05) is 31.2 Å². The molecule has 1 aromatic heterocycles. The Balaban J connectivity index is 1.91. The minimum atomic E-state index is -0.259. The van der Waals surface area contributed by atoms with Gasteiger partial charge in [-0.25, -0.2) is 9.78 Å². The Morgan fingerprint density at radius 1 is 1.40 bits per heavy atom. The van der Waals surface area contributed by atoms with E-state index in [-0.39, 0.29) is 12.1 Å². The third-order valence-electron chi connectivity index (χ3n) is 3.56. The fourth-order valence-corrected chi connectivity index (χ4v) is 2.63. The summed E-state index contributed by atoms with van der Waals surface area (Å²) in [7, 11) is 0. The van der Waals surface area contributed by atoms with Crippen molar-refractivity contribution in [2.75, 3.05) is 13.2 Å². The topological polar surface area (TPSA) is 55.3 Å². The third-order valence-corrected chi connectivity index (χ3v) is 3.56. The molecule has 1 atom stereocenters. The molecule has 0 saturated carbocycles. The van der Waals surface area contributed by atoms with Crippen LogP contribution in [0, 0.1) is 0 Å². The number of carbonyl (C=O) groups excluding carboxylic acids is 1. The number of amides is 1. The Labute approximate surface area is 117 Å². The first kappa shape index (κ1) is 12.8. The summed E-state index contributed by atoms with van der Waals surface area (Å²) in [6, 6.07) is 7.74. The number of hydrogen-bond donors (Lipinski definition) is 0. The Hall–Kier alpha value is -2.17. The van der Waals surface area contributed by atoms with Crippen molar-refractivity contribution in [1.82, 2.24) is 14.9 Å². The molecule has 1 amide bonds. The number of rotatable bonds is 2. The van der Waals surface area contributed by atoms with Gasteiger partial charge < -0.3 is 4.74 Å². The lowest BCUT2D eigenvalue weighted by Gasteiger charge is -2.23. The minimum absolute atomic E-state index is 0.0221. The van der Waals surface area contributed by atoms with Gasteiger partial charge in [0, 0.05) is 6.54 Å². The molecule has 5 nitrogen and oxygen atoms in total. The summed E-state index contributed by atoms with van der Waals surface area (Å²) >= 11 is 0. The number of carbonyl (C=O) groups is 1. The zero-order valence-corrected chi connectivity index (χ0v) is 11.5. The van der Waals surface area contributed by atoms with E-state index >= 15 is 0 Å². The van der Waals surface area contributed by atoms with Gasteiger partial charge in [-0.05, 0) is 31.9 Å². The highest BCUT2D eigenvalue weighted by Gasteiger charge is 2.32. The normalized spacial score (nSPS) is 18.4. The molecule has 2 aromatic rings. The van der Waals surface area contributed by atoms with Crippen LogP contribution >= 0.6 is 0 Å². The molecule has 2 heterocycles. The highest BCUT2D eigenvalue weighted by atomic mass is 16.6. The lowest BCUT2D eigenvalue weighted by Crippen LogP contribution is -2.31. The molecule has 0 unspecified atom stereocenters. The van der Waals surface area contributed by atoms with E-state index in [1.165, 1.54) is 0 Å². The SMILES string of the molecule is CCOC(=O)N1CCC[C@H]1c1cnc2ccccc2n1. The Bertz CT molecular complexity index is 629. The molecule has 1 fully saturated rings. The molecular weight excluding hydrogens is 254 g/mol. The van der Waals surface area contributed by atoms with Crippen molar-refractivity contribution in [2.24, 2.45) is 0 Å². The standard InChI is InChI=1S/C15H17N3O2/c1-2-20-15(19)18-9-5-8-14(18)13-10-16-11-6-3-4-7-12(11)17-13/h3-4,6-7,10,14H,2,5,8-9H2,1H3/t14-/m0/s1. The summed E-state index contributed by atoms with van der Waals surface area (Å²) in [6.07, 6.45) is 3.39. The van der Waals surface area contributed by atoms with Crippen molar-refractivity contribution in [1.29, 1.82) is 0 Å². The van der Waals surface area contributed by atoms with Crippen LogP contribution < -0.4 is 0 Å². The number of hydrogen-bond acceptors (Lipinski definition) is 4. The van der Waals surface area contributed by atoms with Crippen molar-refractivity contribution >= 4 is 17.1 Å². The van der Waals surface area contributed by atoms with Gasteiger partial charge in [0.05, 0.1) is 35.6 Å². The number of para-hydroxylation sites is 2. The second-order valence-corrected chi connectivity index (χ2v) is 4.83. The molecule has 0 bridgehead atoms. The fraction of sp³-hybridized carbons (Fsp3) is 0.400. The maximum atomic E-state index is 11.9. The van der Waals surface area contributed by atoms with E-state index in [0.29, 0.717) is 6.61 Å². The highest BCUT2D eigenvalue weighted by Crippen LogP contribution is 2.31. The first-order valence-electron chi connectivity index (χ1n) is 6.94. The molecule has 5 heteroatoms. The van der Waals surface area contributed by atoms with Crippen LogP contribution in [0.2, 0.25) is 0 Å². The second-order valence-electron chi connectivity index (χ2n) is 4.83. The average Bonchev–Trinajstić information content (AvgIpc) is 2.96. The maximum Gasteiger partial charge on any atom is 0.410 e. The van der Waals surface area contributed by atoms with Gasteiger partial charge in [-0.1, -0.05) is 12.1 Å². The number of ether oxygens (including phenoxy) is 1. The fourth-order valence-electron chi connectivity index (χ4n) is 2.63. The molecule has 1 saturated heterocycles. The molecule has 1 aromatic carbocycles. The molecule has 0 spiro atoms. The molecule has 1 aliphatic heterocycles. The summed E-state index contributed by atoms with van der Waals surface area (Å²) in [5.74, 6) is 0. The van der Waals surface area contributed by atoms with E-state index in [1.54, 1.807) is 11.1 Å². The summed E-state index contributed by atoms with van der Waals surface area (Å²) in [5.41, 5.74) is 2.58. The molecule has 20 heavy (non-hydrogen) atoms. The van der Waals surface area contributed by atoms with Crippen molar-refractivity contribution in [2.45, 2.75) is 25.8 Å². The highest BCUT2D eigenvalue weighted by molar-refractivity contribution is 5.74. The Kier molecular flexibility index (Phi) is 3.50. The number of aromatic nitrogens is 2. The molecule has 1 aliphatic rings. The van der Waals surface area contributed by atoms with E-state index < -0.39 is 0 Å². The molecule has 0 radical (unpaired) electrons. The minimum Gasteiger partial charge on any atom is -0.450 e. The molecular formula is C15H17N3O2. The van der Waals surface area contributed by atoms with Crippen molar-refractivity contribution in [3.63, 3.8) is 0 Å².